The van der Waals surface area contributed by atoms with Gasteiger partial charge in [-0.1, -0.05) is 0 Å². The van der Waals surface area contributed by atoms with Crippen LogP contribution in [-0.4, -0.2) is 44.0 Å². The van der Waals surface area contributed by atoms with Crippen molar-refractivity contribution >= 4 is 10.0 Å². The summed E-state index contributed by atoms with van der Waals surface area (Å²) in [7, 11) is -2.55. The first-order chi connectivity index (χ1) is 13.0. The Balaban J connectivity index is 1.72. The zero-order valence-corrected chi connectivity index (χ0v) is 15.4. The van der Waals surface area contributed by atoms with Crippen molar-refractivity contribution < 1.29 is 22.3 Å². The van der Waals surface area contributed by atoms with Gasteiger partial charge < -0.3 is 9.47 Å². The molecule has 27 heavy (non-hydrogen) atoms. The van der Waals surface area contributed by atoms with Gasteiger partial charge in [-0.25, -0.2) is 17.8 Å². The predicted octanol–water partition coefficient (Wildman–Crippen LogP) is 2.33. The summed E-state index contributed by atoms with van der Waals surface area (Å²) in [4.78, 5) is 3.86. The van der Waals surface area contributed by atoms with Crippen LogP contribution in [0.5, 0.6) is 11.6 Å². The van der Waals surface area contributed by atoms with Gasteiger partial charge in [0.05, 0.1) is 7.11 Å². The molecule has 0 amide bonds. The van der Waals surface area contributed by atoms with Gasteiger partial charge in [0, 0.05) is 19.3 Å². The van der Waals surface area contributed by atoms with E-state index in [-0.39, 0.29) is 35.7 Å². The largest absolute Gasteiger partial charge is 0.495 e. The number of pyridine rings is 1. The van der Waals surface area contributed by atoms with Crippen LogP contribution in [-0.2, 0) is 10.0 Å². The summed E-state index contributed by atoms with van der Waals surface area (Å²) in [6, 6.07) is 8.68. The fraction of sp³-hybridized carbons (Fsp3) is 0.333. The Labute approximate surface area is 157 Å². The van der Waals surface area contributed by atoms with Crippen molar-refractivity contribution in [1.29, 1.82) is 5.26 Å². The number of benzene rings is 1. The minimum atomic E-state index is -3.89. The lowest BCUT2D eigenvalue weighted by Crippen LogP contribution is -2.42. The van der Waals surface area contributed by atoms with Crippen molar-refractivity contribution in [2.45, 2.75) is 23.8 Å². The van der Waals surface area contributed by atoms with Crippen molar-refractivity contribution in [3.8, 4) is 17.7 Å². The summed E-state index contributed by atoms with van der Waals surface area (Å²) in [6.45, 7) is 0.419. The summed E-state index contributed by atoms with van der Waals surface area (Å²) < 4.78 is 51.4. The lowest BCUT2D eigenvalue weighted by Gasteiger charge is -2.31. The molecule has 7 nitrogen and oxygen atoms in total. The molecule has 0 saturated carbocycles. The van der Waals surface area contributed by atoms with Crippen molar-refractivity contribution in [3.05, 3.63) is 47.9 Å². The molecular weight excluding hydrogens is 373 g/mol. The third-order valence-corrected chi connectivity index (χ3v) is 6.23. The van der Waals surface area contributed by atoms with Gasteiger partial charge >= 0.3 is 0 Å². The number of rotatable bonds is 5. The fourth-order valence-electron chi connectivity index (χ4n) is 2.91. The van der Waals surface area contributed by atoms with Crippen molar-refractivity contribution in [3.63, 3.8) is 0 Å². The molecule has 3 rings (SSSR count). The summed E-state index contributed by atoms with van der Waals surface area (Å²) in [6.07, 6.45) is 2.13. The molecule has 1 aromatic heterocycles. The van der Waals surface area contributed by atoms with E-state index in [9.17, 15) is 12.8 Å². The van der Waals surface area contributed by atoms with Crippen LogP contribution >= 0.6 is 0 Å². The maximum absolute atomic E-state index is 13.6. The molecule has 1 saturated heterocycles. The number of ether oxygens (including phenoxy) is 2. The zero-order chi connectivity index (χ0) is 19.4. The molecule has 1 aliphatic rings. The summed E-state index contributed by atoms with van der Waals surface area (Å²) >= 11 is 0. The molecule has 0 radical (unpaired) electrons. The van der Waals surface area contributed by atoms with Crippen molar-refractivity contribution in [2.75, 3.05) is 20.2 Å². The Hall–Kier alpha value is -2.70. The van der Waals surface area contributed by atoms with Gasteiger partial charge in [-0.05, 0) is 43.2 Å². The molecule has 2 heterocycles. The van der Waals surface area contributed by atoms with E-state index in [1.54, 1.807) is 12.1 Å². The molecular formula is C18H18FN3O4S. The molecule has 0 unspecified atom stereocenters. The van der Waals surface area contributed by atoms with Gasteiger partial charge in [0.25, 0.3) is 0 Å². The number of hydrogen-bond acceptors (Lipinski definition) is 6. The molecule has 0 aliphatic carbocycles. The van der Waals surface area contributed by atoms with Crippen LogP contribution in [0, 0.1) is 17.1 Å². The Kier molecular flexibility index (Phi) is 5.58. The average molecular weight is 391 g/mol. The van der Waals surface area contributed by atoms with E-state index in [0.29, 0.717) is 18.4 Å². The van der Waals surface area contributed by atoms with Crippen LogP contribution in [0.1, 0.15) is 18.4 Å². The van der Waals surface area contributed by atoms with Gasteiger partial charge in [0.15, 0.2) is 0 Å². The van der Waals surface area contributed by atoms with Crippen LogP contribution in [0.2, 0.25) is 0 Å². The first-order valence-corrected chi connectivity index (χ1v) is 9.75. The first-order valence-electron chi connectivity index (χ1n) is 8.31. The Bertz CT molecular complexity index is 967. The Morgan fingerprint density at radius 2 is 2.04 bits per heavy atom. The van der Waals surface area contributed by atoms with Gasteiger partial charge in [0.2, 0.25) is 15.9 Å². The SMILES string of the molecule is COc1ccc(F)cc1S(=O)(=O)N1CCC(Oc2ncccc2C#N)CC1. The highest BCUT2D eigenvalue weighted by Crippen LogP contribution is 2.30. The molecule has 2 aromatic rings. The number of piperidine rings is 1. The molecule has 1 aromatic carbocycles. The molecule has 9 heteroatoms. The van der Waals surface area contributed by atoms with Gasteiger partial charge in [-0.15, -0.1) is 0 Å². The van der Waals surface area contributed by atoms with E-state index in [4.69, 9.17) is 14.7 Å². The van der Waals surface area contributed by atoms with Crippen LogP contribution in [0.15, 0.2) is 41.4 Å². The molecule has 1 aliphatic heterocycles. The van der Waals surface area contributed by atoms with Crippen LogP contribution < -0.4 is 9.47 Å². The number of sulfonamides is 1. The van der Waals surface area contributed by atoms with Crippen molar-refractivity contribution in [2.24, 2.45) is 0 Å². The van der Waals surface area contributed by atoms with Crippen LogP contribution in [0.25, 0.3) is 0 Å². The summed E-state index contributed by atoms with van der Waals surface area (Å²) in [5.41, 5.74) is 0.331. The van der Waals surface area contributed by atoms with E-state index in [0.717, 1.165) is 12.1 Å². The molecule has 0 atom stereocenters. The van der Waals surface area contributed by atoms with Gasteiger partial charge in [-0.2, -0.15) is 9.57 Å². The number of halogens is 1. The van der Waals surface area contributed by atoms with E-state index < -0.39 is 15.8 Å². The normalized spacial score (nSPS) is 15.9. The van der Waals surface area contributed by atoms with E-state index >= 15 is 0 Å². The molecule has 1 fully saturated rings. The number of hydrogen-bond donors (Lipinski definition) is 0. The topological polar surface area (TPSA) is 92.5 Å². The van der Waals surface area contributed by atoms with E-state index in [1.807, 2.05) is 6.07 Å². The number of aromatic nitrogens is 1. The summed E-state index contributed by atoms with van der Waals surface area (Å²) in [5.74, 6) is -0.304. The van der Waals surface area contributed by atoms with Crippen LogP contribution in [0.3, 0.4) is 0 Å². The van der Waals surface area contributed by atoms with Gasteiger partial charge in [0.1, 0.15) is 34.2 Å². The highest BCUT2D eigenvalue weighted by molar-refractivity contribution is 7.89. The first kappa shape index (κ1) is 19.1. The minimum absolute atomic E-state index is 0.0990. The minimum Gasteiger partial charge on any atom is -0.495 e. The predicted molar refractivity (Wildman–Crippen MR) is 94.3 cm³/mol. The third kappa shape index (κ3) is 4.02. The van der Waals surface area contributed by atoms with E-state index in [2.05, 4.69) is 4.98 Å². The quantitative estimate of drug-likeness (QED) is 0.777. The molecule has 0 bridgehead atoms. The average Bonchev–Trinajstić information content (AvgIpc) is 2.69. The Morgan fingerprint density at radius 1 is 1.30 bits per heavy atom. The number of nitriles is 1. The van der Waals surface area contributed by atoms with Gasteiger partial charge in [-0.3, -0.25) is 0 Å². The monoisotopic (exact) mass is 391 g/mol. The maximum atomic E-state index is 13.6. The lowest BCUT2D eigenvalue weighted by molar-refractivity contribution is 0.129. The fourth-order valence-corrected chi connectivity index (χ4v) is 4.55. The van der Waals surface area contributed by atoms with Crippen LogP contribution in [0.4, 0.5) is 4.39 Å². The number of methoxy groups -OCH3 is 1. The summed E-state index contributed by atoms with van der Waals surface area (Å²) in [5, 5.41) is 9.09. The highest BCUT2D eigenvalue weighted by Gasteiger charge is 2.32. The van der Waals surface area contributed by atoms with Crippen molar-refractivity contribution in [1.82, 2.24) is 9.29 Å². The molecule has 0 N–H and O–H groups in total. The third-order valence-electron chi connectivity index (χ3n) is 4.31. The standard InChI is InChI=1S/C18H18FN3O4S/c1-25-16-5-4-14(19)11-17(16)27(23,24)22-9-6-15(7-10-22)26-18-13(12-20)3-2-8-21-18/h2-5,8,11,15H,6-7,9-10H2,1H3. The Morgan fingerprint density at radius 3 is 2.70 bits per heavy atom. The van der Waals surface area contributed by atoms with E-state index in [1.165, 1.54) is 23.7 Å². The highest BCUT2D eigenvalue weighted by atomic mass is 32.2. The maximum Gasteiger partial charge on any atom is 0.246 e. The zero-order valence-electron chi connectivity index (χ0n) is 14.6. The smallest absolute Gasteiger partial charge is 0.246 e. The molecule has 0 spiro atoms. The number of nitrogens with zero attached hydrogens (tertiary/aromatic N) is 3. The molecule has 142 valence electrons. The second kappa shape index (κ2) is 7.90. The second-order valence-electron chi connectivity index (χ2n) is 5.98. The second-order valence-corrected chi connectivity index (χ2v) is 7.89. The lowest BCUT2D eigenvalue weighted by atomic mass is 10.1.